The average molecular weight is 399 g/mol. The maximum absolute atomic E-state index is 13.7. The van der Waals surface area contributed by atoms with Crippen molar-refractivity contribution in [3.05, 3.63) is 71.7 Å². The van der Waals surface area contributed by atoms with Gasteiger partial charge >= 0.3 is 0 Å². The molecule has 0 spiro atoms. The van der Waals surface area contributed by atoms with Gasteiger partial charge < -0.3 is 9.88 Å². The third kappa shape index (κ3) is 4.98. The Morgan fingerprint density at radius 3 is 2.71 bits per heavy atom. The van der Waals surface area contributed by atoms with E-state index in [2.05, 4.69) is 28.7 Å². The van der Waals surface area contributed by atoms with Crippen LogP contribution in [0.2, 0.25) is 0 Å². The quantitative estimate of drug-likeness (QED) is 0.642. The highest BCUT2D eigenvalue weighted by atomic mass is 32.2. The molecule has 0 aliphatic heterocycles. The summed E-state index contributed by atoms with van der Waals surface area (Å²) in [5, 5.41) is 3.77. The molecule has 0 radical (unpaired) electrons. The molecular formula is C21H23FN4OS. The van der Waals surface area contributed by atoms with Gasteiger partial charge in [-0.05, 0) is 36.2 Å². The molecular weight excluding hydrogens is 375 g/mol. The number of hydrogen-bond donors (Lipinski definition) is 1. The zero-order valence-corrected chi connectivity index (χ0v) is 17.0. The van der Waals surface area contributed by atoms with Crippen LogP contribution in [0.3, 0.4) is 0 Å². The number of pyridine rings is 1. The Labute approximate surface area is 168 Å². The number of benzene rings is 1. The van der Waals surface area contributed by atoms with Gasteiger partial charge in [0.15, 0.2) is 0 Å². The van der Waals surface area contributed by atoms with Crippen molar-refractivity contribution in [2.45, 2.75) is 49.7 Å². The molecule has 146 valence electrons. The first kappa shape index (κ1) is 20.1. The molecule has 0 saturated heterocycles. The average Bonchev–Trinajstić information content (AvgIpc) is 2.98. The summed E-state index contributed by atoms with van der Waals surface area (Å²) >= 11 is 1.48. The number of imidazole rings is 1. The number of nitrogens with zero attached hydrogens (tertiary/aromatic N) is 3. The van der Waals surface area contributed by atoms with Crippen molar-refractivity contribution >= 4 is 17.7 Å². The standard InChI is InChI=1S/C21H23FN4OS/c1-14(2)20-21(28-18-9-6-7-16(22)11-18)26(13-17-8-4-5-10-23-17)19(25-20)12-24-15(3)27/h4-11,14H,12-13H2,1-3H3,(H,24,27). The van der Waals surface area contributed by atoms with Crippen LogP contribution in [0, 0.1) is 5.82 Å². The fourth-order valence-corrected chi connectivity index (χ4v) is 3.99. The number of rotatable bonds is 7. The Hall–Kier alpha value is -2.67. The van der Waals surface area contributed by atoms with Crippen molar-refractivity contribution < 1.29 is 9.18 Å². The summed E-state index contributed by atoms with van der Waals surface area (Å²) in [4.78, 5) is 21.5. The fraction of sp³-hybridized carbons (Fsp3) is 0.286. The van der Waals surface area contributed by atoms with Crippen molar-refractivity contribution in [1.29, 1.82) is 0 Å². The van der Waals surface area contributed by atoms with Gasteiger partial charge in [0.05, 0.1) is 24.5 Å². The molecule has 0 unspecified atom stereocenters. The van der Waals surface area contributed by atoms with E-state index < -0.39 is 0 Å². The van der Waals surface area contributed by atoms with E-state index >= 15 is 0 Å². The molecule has 0 aliphatic rings. The van der Waals surface area contributed by atoms with E-state index in [0.717, 1.165) is 27.1 Å². The first-order valence-corrected chi connectivity index (χ1v) is 9.92. The molecule has 0 saturated carbocycles. The number of nitrogens with one attached hydrogen (secondary N) is 1. The number of amides is 1. The molecule has 28 heavy (non-hydrogen) atoms. The van der Waals surface area contributed by atoms with Crippen LogP contribution in [0.5, 0.6) is 0 Å². The van der Waals surface area contributed by atoms with Gasteiger partial charge in [-0.15, -0.1) is 0 Å². The maximum atomic E-state index is 13.7. The smallest absolute Gasteiger partial charge is 0.217 e. The second-order valence-corrected chi connectivity index (χ2v) is 7.81. The van der Waals surface area contributed by atoms with Gasteiger partial charge in [0.1, 0.15) is 16.7 Å². The van der Waals surface area contributed by atoms with Gasteiger partial charge in [-0.3, -0.25) is 9.78 Å². The lowest BCUT2D eigenvalue weighted by Gasteiger charge is -2.13. The van der Waals surface area contributed by atoms with E-state index in [0.29, 0.717) is 13.1 Å². The Balaban J connectivity index is 2.06. The van der Waals surface area contributed by atoms with Crippen LogP contribution in [0.1, 0.15) is 43.9 Å². The minimum atomic E-state index is -0.273. The molecule has 0 atom stereocenters. The van der Waals surface area contributed by atoms with E-state index in [4.69, 9.17) is 4.98 Å². The molecule has 7 heteroatoms. The molecule has 1 aromatic carbocycles. The predicted molar refractivity (Wildman–Crippen MR) is 108 cm³/mol. The summed E-state index contributed by atoms with van der Waals surface area (Å²) in [5.74, 6) is 0.545. The number of carbonyl (C=O) groups excluding carboxylic acids is 1. The van der Waals surface area contributed by atoms with Gasteiger partial charge in [0.2, 0.25) is 5.91 Å². The van der Waals surface area contributed by atoms with E-state index in [9.17, 15) is 9.18 Å². The second-order valence-electron chi connectivity index (χ2n) is 6.75. The summed E-state index contributed by atoms with van der Waals surface area (Å²) in [6.07, 6.45) is 1.75. The Bertz CT molecular complexity index is 956. The molecule has 1 N–H and O–H groups in total. The van der Waals surface area contributed by atoms with Crippen LogP contribution in [-0.4, -0.2) is 20.4 Å². The SMILES string of the molecule is CC(=O)NCc1nc(C(C)C)c(Sc2cccc(F)c2)n1Cc1ccccn1. The first-order chi connectivity index (χ1) is 13.4. The van der Waals surface area contributed by atoms with Crippen molar-refractivity contribution in [1.82, 2.24) is 19.9 Å². The van der Waals surface area contributed by atoms with E-state index in [1.807, 2.05) is 24.3 Å². The van der Waals surface area contributed by atoms with Crippen LogP contribution in [0.25, 0.3) is 0 Å². The highest BCUT2D eigenvalue weighted by Crippen LogP contribution is 2.35. The number of halogens is 1. The van der Waals surface area contributed by atoms with Crippen molar-refractivity contribution in [2.24, 2.45) is 0 Å². The minimum Gasteiger partial charge on any atom is -0.349 e. The van der Waals surface area contributed by atoms with E-state index in [1.54, 1.807) is 12.3 Å². The third-order valence-electron chi connectivity index (χ3n) is 4.12. The van der Waals surface area contributed by atoms with Gasteiger partial charge in [-0.2, -0.15) is 0 Å². The fourth-order valence-electron chi connectivity index (χ4n) is 2.78. The van der Waals surface area contributed by atoms with Gasteiger partial charge in [0.25, 0.3) is 0 Å². The predicted octanol–water partition coefficient (Wildman–Crippen LogP) is 4.38. The molecule has 0 bridgehead atoms. The summed E-state index contributed by atoms with van der Waals surface area (Å²) in [6, 6.07) is 12.3. The lowest BCUT2D eigenvalue weighted by molar-refractivity contribution is -0.119. The topological polar surface area (TPSA) is 59.8 Å². The monoisotopic (exact) mass is 398 g/mol. The first-order valence-electron chi connectivity index (χ1n) is 9.11. The number of aromatic nitrogens is 3. The summed E-state index contributed by atoms with van der Waals surface area (Å²) in [6.45, 7) is 6.48. The zero-order chi connectivity index (χ0) is 20.1. The molecule has 3 rings (SSSR count). The van der Waals surface area contributed by atoms with E-state index in [-0.39, 0.29) is 17.6 Å². The van der Waals surface area contributed by atoms with Crippen molar-refractivity contribution in [2.75, 3.05) is 0 Å². The normalized spacial score (nSPS) is 11.0. The highest BCUT2D eigenvalue weighted by molar-refractivity contribution is 7.99. The molecule has 5 nitrogen and oxygen atoms in total. The van der Waals surface area contributed by atoms with Crippen molar-refractivity contribution in [3.8, 4) is 0 Å². The largest absolute Gasteiger partial charge is 0.349 e. The van der Waals surface area contributed by atoms with Crippen LogP contribution in [-0.2, 0) is 17.9 Å². The highest BCUT2D eigenvalue weighted by Gasteiger charge is 2.21. The zero-order valence-electron chi connectivity index (χ0n) is 16.1. The van der Waals surface area contributed by atoms with Gasteiger partial charge in [0, 0.05) is 18.0 Å². The lowest BCUT2D eigenvalue weighted by atomic mass is 10.1. The Morgan fingerprint density at radius 2 is 2.07 bits per heavy atom. The third-order valence-corrected chi connectivity index (χ3v) is 5.24. The second kappa shape index (κ2) is 9.01. The van der Waals surface area contributed by atoms with Crippen LogP contribution < -0.4 is 5.32 Å². The van der Waals surface area contributed by atoms with E-state index in [1.165, 1.54) is 30.8 Å². The summed E-state index contributed by atoms with van der Waals surface area (Å²) < 4.78 is 15.8. The molecule has 0 aliphatic carbocycles. The lowest BCUT2D eigenvalue weighted by Crippen LogP contribution is -2.22. The van der Waals surface area contributed by atoms with Crippen LogP contribution >= 0.6 is 11.8 Å². The Kier molecular flexibility index (Phi) is 6.46. The summed E-state index contributed by atoms with van der Waals surface area (Å²) in [7, 11) is 0. The maximum Gasteiger partial charge on any atom is 0.217 e. The molecule has 2 aromatic heterocycles. The molecule has 3 aromatic rings. The minimum absolute atomic E-state index is 0.113. The number of hydrogen-bond acceptors (Lipinski definition) is 4. The van der Waals surface area contributed by atoms with Crippen LogP contribution in [0.15, 0.2) is 58.6 Å². The Morgan fingerprint density at radius 1 is 1.25 bits per heavy atom. The van der Waals surface area contributed by atoms with Crippen molar-refractivity contribution in [3.63, 3.8) is 0 Å². The molecule has 2 heterocycles. The van der Waals surface area contributed by atoms with Crippen LogP contribution in [0.4, 0.5) is 4.39 Å². The van der Waals surface area contributed by atoms with Gasteiger partial charge in [-0.25, -0.2) is 9.37 Å². The molecule has 1 amide bonds. The summed E-state index contributed by atoms with van der Waals surface area (Å²) in [5.41, 5.74) is 1.81. The van der Waals surface area contributed by atoms with Gasteiger partial charge in [-0.1, -0.05) is 37.7 Å². The molecule has 0 fully saturated rings. The number of carbonyl (C=O) groups is 1.